The van der Waals surface area contributed by atoms with E-state index in [-0.39, 0.29) is 18.1 Å². The Bertz CT molecular complexity index is 1130. The maximum atomic E-state index is 12.8. The SMILES string of the molecule is COCC(=O)Oc1cc(C)c2c(c1)O/C(=C\c1ccc(-c3ccccc3)cc1)C2=O. The maximum absolute atomic E-state index is 12.8. The Morgan fingerprint density at radius 1 is 1.00 bits per heavy atom. The summed E-state index contributed by atoms with van der Waals surface area (Å²) in [7, 11) is 1.42. The Morgan fingerprint density at radius 2 is 1.70 bits per heavy atom. The highest BCUT2D eigenvalue weighted by Crippen LogP contribution is 2.37. The molecule has 0 aromatic heterocycles. The zero-order valence-electron chi connectivity index (χ0n) is 16.7. The van der Waals surface area contributed by atoms with Gasteiger partial charge in [-0.1, -0.05) is 54.6 Å². The van der Waals surface area contributed by atoms with Gasteiger partial charge in [0.25, 0.3) is 0 Å². The fourth-order valence-electron chi connectivity index (χ4n) is 3.37. The van der Waals surface area contributed by atoms with Gasteiger partial charge in [-0.15, -0.1) is 0 Å². The molecular formula is C25H20O5. The lowest BCUT2D eigenvalue weighted by molar-refractivity contribution is -0.138. The molecule has 1 heterocycles. The molecule has 30 heavy (non-hydrogen) atoms. The second-order valence-corrected chi connectivity index (χ2v) is 6.95. The first-order valence-electron chi connectivity index (χ1n) is 9.49. The molecule has 150 valence electrons. The summed E-state index contributed by atoms with van der Waals surface area (Å²) in [5.74, 6) is 0.225. The smallest absolute Gasteiger partial charge is 0.337 e. The number of rotatable bonds is 5. The lowest BCUT2D eigenvalue weighted by Crippen LogP contribution is -2.14. The van der Waals surface area contributed by atoms with Crippen LogP contribution in [-0.2, 0) is 9.53 Å². The van der Waals surface area contributed by atoms with Crippen LogP contribution in [0.15, 0.2) is 72.5 Å². The molecule has 5 heteroatoms. The highest BCUT2D eigenvalue weighted by molar-refractivity contribution is 6.15. The minimum Gasteiger partial charge on any atom is -0.452 e. The third-order valence-corrected chi connectivity index (χ3v) is 4.75. The number of esters is 1. The zero-order chi connectivity index (χ0) is 21.1. The van der Waals surface area contributed by atoms with Crippen molar-refractivity contribution in [2.45, 2.75) is 6.92 Å². The molecule has 0 atom stereocenters. The van der Waals surface area contributed by atoms with Gasteiger partial charge < -0.3 is 14.2 Å². The fourth-order valence-corrected chi connectivity index (χ4v) is 3.37. The Hall–Kier alpha value is -3.70. The summed E-state index contributed by atoms with van der Waals surface area (Å²) in [6, 6.07) is 21.2. The number of hydrogen-bond donors (Lipinski definition) is 0. The summed E-state index contributed by atoms with van der Waals surface area (Å²) in [6.45, 7) is 1.63. The number of fused-ring (bicyclic) bond motifs is 1. The number of carbonyl (C=O) groups excluding carboxylic acids is 2. The van der Waals surface area contributed by atoms with Crippen molar-refractivity contribution >= 4 is 17.8 Å². The molecule has 1 aliphatic heterocycles. The van der Waals surface area contributed by atoms with Crippen LogP contribution >= 0.6 is 0 Å². The Morgan fingerprint density at radius 3 is 2.40 bits per heavy atom. The van der Waals surface area contributed by atoms with Crippen LogP contribution < -0.4 is 9.47 Å². The largest absolute Gasteiger partial charge is 0.452 e. The van der Waals surface area contributed by atoms with Gasteiger partial charge in [0.1, 0.15) is 18.1 Å². The number of allylic oxidation sites excluding steroid dienone is 1. The Labute approximate surface area is 174 Å². The molecule has 0 amide bonds. The van der Waals surface area contributed by atoms with Crippen molar-refractivity contribution < 1.29 is 23.8 Å². The number of Topliss-reactive ketones (excluding diaryl/α,β-unsaturated/α-hetero) is 1. The van der Waals surface area contributed by atoms with Crippen LogP contribution in [0.4, 0.5) is 0 Å². The van der Waals surface area contributed by atoms with Crippen molar-refractivity contribution in [3.8, 4) is 22.6 Å². The van der Waals surface area contributed by atoms with Gasteiger partial charge in [0.05, 0.1) is 5.56 Å². The van der Waals surface area contributed by atoms with Crippen LogP contribution in [0.2, 0.25) is 0 Å². The van der Waals surface area contributed by atoms with E-state index in [9.17, 15) is 9.59 Å². The minimum absolute atomic E-state index is 0.153. The van der Waals surface area contributed by atoms with Crippen molar-refractivity contribution in [3.63, 3.8) is 0 Å². The summed E-state index contributed by atoms with van der Waals surface area (Å²) in [5, 5.41) is 0. The van der Waals surface area contributed by atoms with Gasteiger partial charge in [-0.25, -0.2) is 4.79 Å². The summed E-state index contributed by atoms with van der Waals surface area (Å²) < 4.78 is 15.8. The number of ketones is 1. The molecule has 0 saturated carbocycles. The van der Waals surface area contributed by atoms with Crippen molar-refractivity contribution in [2.75, 3.05) is 13.7 Å². The molecule has 3 aromatic rings. The van der Waals surface area contributed by atoms with Crippen molar-refractivity contribution in [1.82, 2.24) is 0 Å². The first-order chi connectivity index (χ1) is 14.5. The molecule has 0 N–H and O–H groups in total. The molecule has 3 aromatic carbocycles. The fraction of sp³-hybridized carbons (Fsp3) is 0.120. The predicted octanol–water partition coefficient (Wildman–Crippen LogP) is 4.83. The molecule has 0 saturated heterocycles. The number of carbonyl (C=O) groups is 2. The van der Waals surface area contributed by atoms with E-state index in [0.29, 0.717) is 22.6 Å². The van der Waals surface area contributed by atoms with Gasteiger partial charge >= 0.3 is 5.97 Å². The molecule has 0 fully saturated rings. The van der Waals surface area contributed by atoms with Crippen LogP contribution in [0.25, 0.3) is 17.2 Å². The van der Waals surface area contributed by atoms with Crippen LogP contribution in [0.1, 0.15) is 21.5 Å². The summed E-state index contributed by atoms with van der Waals surface area (Å²) in [6.07, 6.45) is 1.72. The molecule has 0 bridgehead atoms. The molecule has 0 spiro atoms. The lowest BCUT2D eigenvalue weighted by Gasteiger charge is -2.07. The van der Waals surface area contributed by atoms with Gasteiger partial charge in [0.2, 0.25) is 5.78 Å². The zero-order valence-corrected chi connectivity index (χ0v) is 16.7. The van der Waals surface area contributed by atoms with Gasteiger partial charge in [0.15, 0.2) is 5.76 Å². The number of methoxy groups -OCH3 is 1. The van der Waals surface area contributed by atoms with Crippen molar-refractivity contribution in [3.05, 3.63) is 89.2 Å². The number of aryl methyl sites for hydroxylation is 1. The van der Waals surface area contributed by atoms with Crippen molar-refractivity contribution in [1.29, 1.82) is 0 Å². The first kappa shape index (κ1) is 19.6. The van der Waals surface area contributed by atoms with Crippen molar-refractivity contribution in [2.24, 2.45) is 0 Å². The molecule has 5 nitrogen and oxygen atoms in total. The number of hydrogen-bond acceptors (Lipinski definition) is 5. The minimum atomic E-state index is -0.518. The second-order valence-electron chi connectivity index (χ2n) is 6.95. The molecular weight excluding hydrogens is 380 g/mol. The van der Waals surface area contributed by atoms with E-state index >= 15 is 0 Å². The Balaban J connectivity index is 1.57. The number of ether oxygens (including phenoxy) is 3. The summed E-state index contributed by atoms with van der Waals surface area (Å²) in [4.78, 5) is 24.5. The highest BCUT2D eigenvalue weighted by Gasteiger charge is 2.30. The third kappa shape index (κ3) is 4.02. The maximum Gasteiger partial charge on any atom is 0.337 e. The monoisotopic (exact) mass is 400 g/mol. The van der Waals surface area contributed by atoms with E-state index in [0.717, 1.165) is 16.7 Å². The topological polar surface area (TPSA) is 61.8 Å². The van der Waals surface area contributed by atoms with E-state index in [1.807, 2.05) is 54.6 Å². The normalized spacial score (nSPS) is 13.8. The van der Waals surface area contributed by atoms with E-state index in [1.165, 1.54) is 7.11 Å². The van der Waals surface area contributed by atoms with Gasteiger partial charge in [-0.05, 0) is 41.3 Å². The molecule has 4 rings (SSSR count). The van der Waals surface area contributed by atoms with E-state index < -0.39 is 5.97 Å². The standard InChI is InChI=1S/C25H20O5/c1-16-12-20(29-23(26)15-28-2)14-21-24(16)25(27)22(30-21)13-17-8-10-19(11-9-17)18-6-4-3-5-7-18/h3-14H,15H2,1-2H3/b22-13-. The van der Waals surface area contributed by atoms with E-state index in [2.05, 4.69) is 0 Å². The Kier molecular flexibility index (Phi) is 5.46. The van der Waals surface area contributed by atoms with Gasteiger partial charge in [-0.3, -0.25) is 4.79 Å². The van der Waals surface area contributed by atoms with E-state index in [1.54, 1.807) is 25.1 Å². The molecule has 0 radical (unpaired) electrons. The summed E-state index contributed by atoms with van der Waals surface area (Å²) >= 11 is 0. The van der Waals surface area contributed by atoms with Crippen LogP contribution in [-0.4, -0.2) is 25.5 Å². The molecule has 0 unspecified atom stereocenters. The van der Waals surface area contributed by atoms with Gasteiger partial charge in [0, 0.05) is 13.2 Å². The quantitative estimate of drug-likeness (QED) is 0.349. The average molecular weight is 400 g/mol. The van der Waals surface area contributed by atoms with E-state index in [4.69, 9.17) is 14.2 Å². The first-order valence-corrected chi connectivity index (χ1v) is 9.49. The molecule has 1 aliphatic rings. The predicted molar refractivity (Wildman–Crippen MR) is 114 cm³/mol. The van der Waals surface area contributed by atoms with Crippen LogP contribution in [0, 0.1) is 6.92 Å². The highest BCUT2D eigenvalue weighted by atomic mass is 16.6. The van der Waals surface area contributed by atoms with Gasteiger partial charge in [-0.2, -0.15) is 0 Å². The lowest BCUT2D eigenvalue weighted by atomic mass is 10.0. The summed E-state index contributed by atoms with van der Waals surface area (Å²) in [5.41, 5.74) is 4.24. The second kappa shape index (κ2) is 8.35. The van der Waals surface area contributed by atoms with Crippen LogP contribution in [0.3, 0.4) is 0 Å². The van der Waals surface area contributed by atoms with Crippen LogP contribution in [0.5, 0.6) is 11.5 Å². The number of benzene rings is 3. The third-order valence-electron chi connectivity index (χ3n) is 4.75. The average Bonchev–Trinajstić information content (AvgIpc) is 3.05. The molecule has 0 aliphatic carbocycles.